The quantitative estimate of drug-likeness (QED) is 0.751. The van der Waals surface area contributed by atoms with Gasteiger partial charge >= 0.3 is 0 Å². The van der Waals surface area contributed by atoms with Crippen LogP contribution >= 0.6 is 0 Å². The number of nitrogens with one attached hydrogen (secondary N) is 1. The molecule has 136 valence electrons. The van der Waals surface area contributed by atoms with Gasteiger partial charge in [0.2, 0.25) is 0 Å². The van der Waals surface area contributed by atoms with Gasteiger partial charge in [-0.2, -0.15) is 0 Å². The van der Waals surface area contributed by atoms with Crippen LogP contribution in [0.25, 0.3) is 11.5 Å². The molecule has 1 atom stereocenters. The molecule has 0 radical (unpaired) electrons. The largest absolute Gasteiger partial charge is 0.348 e. The predicted molar refractivity (Wildman–Crippen MR) is 104 cm³/mol. The number of aromatic nitrogens is 4. The van der Waals surface area contributed by atoms with Crippen LogP contribution < -0.4 is 0 Å². The number of benzene rings is 1. The van der Waals surface area contributed by atoms with E-state index in [4.69, 9.17) is 0 Å². The van der Waals surface area contributed by atoms with Gasteiger partial charge in [-0.05, 0) is 38.4 Å². The van der Waals surface area contributed by atoms with Crippen LogP contribution in [0.3, 0.4) is 0 Å². The van der Waals surface area contributed by atoms with E-state index in [0.29, 0.717) is 6.04 Å². The van der Waals surface area contributed by atoms with Crippen molar-refractivity contribution in [1.82, 2.24) is 24.4 Å². The first-order valence-corrected chi connectivity index (χ1v) is 9.63. The molecule has 0 aliphatic carbocycles. The molecule has 1 aliphatic rings. The zero-order valence-corrected chi connectivity index (χ0v) is 15.4. The zero-order valence-electron chi connectivity index (χ0n) is 15.4. The molecule has 26 heavy (non-hydrogen) atoms. The van der Waals surface area contributed by atoms with E-state index in [0.717, 1.165) is 23.8 Å². The monoisotopic (exact) mass is 349 g/mol. The van der Waals surface area contributed by atoms with E-state index in [2.05, 4.69) is 60.9 Å². The van der Waals surface area contributed by atoms with E-state index in [9.17, 15) is 0 Å². The summed E-state index contributed by atoms with van der Waals surface area (Å²) in [5.74, 6) is 0.944. The summed E-state index contributed by atoms with van der Waals surface area (Å²) in [6, 6.07) is 11.3. The van der Waals surface area contributed by atoms with Crippen LogP contribution in [0, 0.1) is 6.92 Å². The third-order valence-electron chi connectivity index (χ3n) is 5.39. The third-order valence-corrected chi connectivity index (χ3v) is 5.39. The number of likely N-dealkylation sites (tertiary alicyclic amines) is 1. The second-order valence-corrected chi connectivity index (χ2v) is 7.16. The van der Waals surface area contributed by atoms with Crippen molar-refractivity contribution in [3.8, 4) is 11.5 Å². The lowest BCUT2D eigenvalue weighted by Crippen LogP contribution is -2.32. The van der Waals surface area contributed by atoms with E-state index < -0.39 is 0 Å². The fraction of sp³-hybridized carbons (Fsp3) is 0.429. The Bertz CT molecular complexity index is 812. The molecule has 3 aromatic rings. The first-order chi connectivity index (χ1) is 12.8. The molecule has 1 unspecified atom stereocenters. The normalized spacial score (nSPS) is 17.1. The average molecular weight is 349 g/mol. The lowest BCUT2D eigenvalue weighted by atomic mass is 10.0. The molecule has 0 saturated carbocycles. The number of aryl methyl sites for hydroxylation is 1. The molecule has 0 spiro atoms. The van der Waals surface area contributed by atoms with E-state index in [1.165, 1.54) is 44.3 Å². The van der Waals surface area contributed by atoms with Gasteiger partial charge in [0.25, 0.3) is 0 Å². The maximum atomic E-state index is 4.59. The van der Waals surface area contributed by atoms with Gasteiger partial charge in [0.1, 0.15) is 5.69 Å². The molecule has 1 aliphatic heterocycles. The third kappa shape index (κ3) is 3.58. The Kier molecular flexibility index (Phi) is 5.16. The summed E-state index contributed by atoms with van der Waals surface area (Å²) in [6.07, 6.45) is 11.0. The minimum absolute atomic E-state index is 0.362. The Morgan fingerprint density at radius 2 is 1.81 bits per heavy atom. The number of rotatable bonds is 5. The smallest absolute Gasteiger partial charge is 0.160 e. The van der Waals surface area contributed by atoms with Gasteiger partial charge in [-0.15, -0.1) is 0 Å². The Hall–Kier alpha value is -2.40. The van der Waals surface area contributed by atoms with E-state index in [1.807, 2.05) is 13.1 Å². The van der Waals surface area contributed by atoms with Crippen molar-refractivity contribution >= 4 is 0 Å². The van der Waals surface area contributed by atoms with Gasteiger partial charge < -0.3 is 9.55 Å². The molecule has 1 fully saturated rings. The predicted octanol–water partition coefficient (Wildman–Crippen LogP) is 4.20. The van der Waals surface area contributed by atoms with Crippen LogP contribution in [0.2, 0.25) is 0 Å². The Morgan fingerprint density at radius 1 is 1.04 bits per heavy atom. The Labute approximate surface area is 155 Å². The maximum absolute atomic E-state index is 4.59. The standard InChI is InChI=1S/C21H27N5/c1-17-20(24-16-23-17)21-22-11-14-26(21)15-19(18-9-5-4-6-10-18)25-12-7-2-3-8-13-25/h4-6,9-11,14,16,19H,2-3,7-8,12-13,15H2,1H3,(H,23,24). The summed E-state index contributed by atoms with van der Waals surface area (Å²) < 4.78 is 2.26. The number of hydrogen-bond acceptors (Lipinski definition) is 3. The number of H-pyrrole nitrogens is 1. The van der Waals surface area contributed by atoms with Crippen LogP contribution in [0.5, 0.6) is 0 Å². The van der Waals surface area contributed by atoms with Gasteiger partial charge in [-0.3, -0.25) is 4.90 Å². The number of aromatic amines is 1. The first-order valence-electron chi connectivity index (χ1n) is 9.63. The summed E-state index contributed by atoms with van der Waals surface area (Å²) in [6.45, 7) is 5.28. The van der Waals surface area contributed by atoms with E-state index >= 15 is 0 Å². The topological polar surface area (TPSA) is 49.7 Å². The SMILES string of the molecule is Cc1[nH]cnc1-c1nccn1CC(c1ccccc1)N1CCCCCC1. The van der Waals surface area contributed by atoms with Gasteiger partial charge in [-0.1, -0.05) is 43.2 Å². The summed E-state index contributed by atoms with van der Waals surface area (Å²) in [5.41, 5.74) is 3.38. The zero-order chi connectivity index (χ0) is 17.8. The second-order valence-electron chi connectivity index (χ2n) is 7.16. The van der Waals surface area contributed by atoms with E-state index in [1.54, 1.807) is 6.33 Å². The molecular formula is C21H27N5. The summed E-state index contributed by atoms with van der Waals surface area (Å²) in [5, 5.41) is 0. The molecule has 1 aromatic carbocycles. The molecule has 3 heterocycles. The highest BCUT2D eigenvalue weighted by atomic mass is 15.2. The lowest BCUT2D eigenvalue weighted by molar-refractivity contribution is 0.186. The van der Waals surface area contributed by atoms with Gasteiger partial charge in [0.15, 0.2) is 5.82 Å². The number of imidazole rings is 2. The Morgan fingerprint density at radius 3 is 2.50 bits per heavy atom. The molecule has 5 heteroatoms. The second kappa shape index (κ2) is 7.87. The van der Waals surface area contributed by atoms with Crippen LogP contribution in [0.15, 0.2) is 49.1 Å². The van der Waals surface area contributed by atoms with Crippen molar-refractivity contribution in [3.05, 3.63) is 60.3 Å². The van der Waals surface area contributed by atoms with Gasteiger partial charge in [0, 0.05) is 24.6 Å². The van der Waals surface area contributed by atoms with Crippen molar-refractivity contribution in [3.63, 3.8) is 0 Å². The molecule has 1 saturated heterocycles. The molecule has 4 rings (SSSR count). The number of hydrogen-bond donors (Lipinski definition) is 1. The summed E-state index contributed by atoms with van der Waals surface area (Å²) in [7, 11) is 0. The maximum Gasteiger partial charge on any atom is 0.160 e. The first kappa shape index (κ1) is 17.0. The highest BCUT2D eigenvalue weighted by Gasteiger charge is 2.23. The highest BCUT2D eigenvalue weighted by molar-refractivity contribution is 5.52. The van der Waals surface area contributed by atoms with Crippen molar-refractivity contribution in [1.29, 1.82) is 0 Å². The Balaban J connectivity index is 1.65. The van der Waals surface area contributed by atoms with Crippen molar-refractivity contribution in [2.45, 2.75) is 45.2 Å². The molecule has 1 N–H and O–H groups in total. The lowest BCUT2D eigenvalue weighted by Gasteiger charge is -2.31. The molecule has 0 amide bonds. The van der Waals surface area contributed by atoms with Crippen LogP contribution in [0.1, 0.15) is 43.0 Å². The van der Waals surface area contributed by atoms with Crippen LogP contribution in [-0.4, -0.2) is 37.5 Å². The summed E-state index contributed by atoms with van der Waals surface area (Å²) >= 11 is 0. The van der Waals surface area contributed by atoms with Gasteiger partial charge in [0.05, 0.1) is 12.4 Å². The van der Waals surface area contributed by atoms with Crippen molar-refractivity contribution < 1.29 is 0 Å². The fourth-order valence-electron chi connectivity index (χ4n) is 3.96. The molecular weight excluding hydrogens is 322 g/mol. The van der Waals surface area contributed by atoms with Crippen molar-refractivity contribution in [2.75, 3.05) is 13.1 Å². The minimum atomic E-state index is 0.362. The van der Waals surface area contributed by atoms with Crippen LogP contribution in [0.4, 0.5) is 0 Å². The van der Waals surface area contributed by atoms with Crippen LogP contribution in [-0.2, 0) is 6.54 Å². The summed E-state index contributed by atoms with van der Waals surface area (Å²) in [4.78, 5) is 14.9. The number of nitrogens with zero attached hydrogens (tertiary/aromatic N) is 4. The average Bonchev–Trinajstić information content (AvgIpc) is 3.20. The highest BCUT2D eigenvalue weighted by Crippen LogP contribution is 2.28. The van der Waals surface area contributed by atoms with E-state index in [-0.39, 0.29) is 0 Å². The van der Waals surface area contributed by atoms with Gasteiger partial charge in [-0.25, -0.2) is 9.97 Å². The van der Waals surface area contributed by atoms with Crippen molar-refractivity contribution in [2.24, 2.45) is 0 Å². The fourth-order valence-corrected chi connectivity index (χ4v) is 3.96. The molecule has 2 aromatic heterocycles. The molecule has 0 bridgehead atoms. The minimum Gasteiger partial charge on any atom is -0.348 e. The molecule has 5 nitrogen and oxygen atoms in total.